The second-order valence-corrected chi connectivity index (χ2v) is 9.85. The molecule has 9 nitrogen and oxygen atoms in total. The fourth-order valence-electron chi connectivity index (χ4n) is 3.26. The van der Waals surface area contributed by atoms with Crippen molar-refractivity contribution in [1.29, 1.82) is 0 Å². The van der Waals surface area contributed by atoms with Gasteiger partial charge in [-0.3, -0.25) is 4.79 Å². The Balaban J connectivity index is 1.58. The first kappa shape index (κ1) is 21.6. The Bertz CT molecular complexity index is 959. The normalized spacial score (nSPS) is 17.8. The first-order valence-electron chi connectivity index (χ1n) is 9.19. The summed E-state index contributed by atoms with van der Waals surface area (Å²) in [6.07, 6.45) is 2.88. The number of thioether (sulfide) groups is 1. The van der Waals surface area contributed by atoms with Crippen molar-refractivity contribution in [3.8, 4) is 5.75 Å². The highest BCUT2D eigenvalue weighted by atomic mass is 32.2. The highest BCUT2D eigenvalue weighted by Gasteiger charge is 2.30. The molecule has 0 bridgehead atoms. The molecule has 1 amide bonds. The van der Waals surface area contributed by atoms with E-state index in [1.807, 2.05) is 11.6 Å². The van der Waals surface area contributed by atoms with Crippen molar-refractivity contribution >= 4 is 33.4 Å². The molecule has 1 aliphatic heterocycles. The van der Waals surface area contributed by atoms with Gasteiger partial charge in [-0.1, -0.05) is 11.8 Å². The van der Waals surface area contributed by atoms with Crippen LogP contribution < -0.4 is 10.1 Å². The Labute approximate surface area is 174 Å². The number of ether oxygens (including phenoxy) is 1. The van der Waals surface area contributed by atoms with Crippen molar-refractivity contribution in [2.45, 2.75) is 23.9 Å². The minimum atomic E-state index is -3.22. The number of amides is 1. The topological polar surface area (TPSA) is 106 Å². The SMILES string of the molecule is COc1ccc(NC(=O)CSc2nnc([C@H]3CCCN(S(C)(=O)=O)C3)n2C)cc1. The van der Waals surface area contributed by atoms with Crippen LogP contribution in [0.2, 0.25) is 0 Å². The molecule has 1 aliphatic rings. The summed E-state index contributed by atoms with van der Waals surface area (Å²) in [7, 11) is 0.216. The Morgan fingerprint density at radius 3 is 2.69 bits per heavy atom. The highest BCUT2D eigenvalue weighted by molar-refractivity contribution is 7.99. The van der Waals surface area contributed by atoms with Crippen LogP contribution in [0.4, 0.5) is 5.69 Å². The van der Waals surface area contributed by atoms with E-state index in [-0.39, 0.29) is 17.6 Å². The predicted octanol–water partition coefficient (Wildman–Crippen LogP) is 1.69. The van der Waals surface area contributed by atoms with Gasteiger partial charge in [-0.2, -0.15) is 0 Å². The number of methoxy groups -OCH3 is 1. The number of hydrogen-bond acceptors (Lipinski definition) is 7. The van der Waals surface area contributed by atoms with Crippen LogP contribution in [0.3, 0.4) is 0 Å². The largest absolute Gasteiger partial charge is 0.497 e. The van der Waals surface area contributed by atoms with Crippen molar-refractivity contribution in [3.63, 3.8) is 0 Å². The minimum absolute atomic E-state index is 0.00143. The molecule has 11 heteroatoms. The molecule has 1 atom stereocenters. The van der Waals surface area contributed by atoms with Gasteiger partial charge in [0.25, 0.3) is 0 Å². The van der Waals surface area contributed by atoms with Crippen LogP contribution in [-0.2, 0) is 21.9 Å². The molecule has 1 aromatic heterocycles. The molecule has 2 aromatic rings. The standard InChI is InChI=1S/C18H25N5O4S2/c1-22-17(13-5-4-10-23(11-13)29(3,25)26)20-21-18(22)28-12-16(24)19-14-6-8-15(27-2)9-7-14/h6-9,13H,4-5,10-12H2,1-3H3,(H,19,24)/t13-/m0/s1. The van der Waals surface area contributed by atoms with Crippen LogP contribution in [0.25, 0.3) is 0 Å². The summed E-state index contributed by atoms with van der Waals surface area (Å²) in [5.74, 6) is 1.51. The van der Waals surface area contributed by atoms with Gasteiger partial charge in [-0.05, 0) is 37.1 Å². The first-order chi connectivity index (χ1) is 13.8. The molecular weight excluding hydrogens is 414 g/mol. The third-order valence-electron chi connectivity index (χ3n) is 4.79. The van der Waals surface area contributed by atoms with Crippen molar-refractivity contribution in [2.75, 3.05) is 37.5 Å². The lowest BCUT2D eigenvalue weighted by Gasteiger charge is -2.30. The maximum absolute atomic E-state index is 12.2. The Hall–Kier alpha value is -2.11. The quantitative estimate of drug-likeness (QED) is 0.654. The van der Waals surface area contributed by atoms with Gasteiger partial charge in [0.1, 0.15) is 11.6 Å². The highest BCUT2D eigenvalue weighted by Crippen LogP contribution is 2.28. The van der Waals surface area contributed by atoms with Crippen LogP contribution in [0, 0.1) is 0 Å². The van der Waals surface area contributed by atoms with E-state index in [2.05, 4.69) is 15.5 Å². The second-order valence-electron chi connectivity index (χ2n) is 6.93. The number of rotatable bonds is 7. The van der Waals surface area contributed by atoms with Crippen molar-refractivity contribution in [2.24, 2.45) is 7.05 Å². The van der Waals surface area contributed by atoms with Gasteiger partial charge in [0.15, 0.2) is 5.16 Å². The molecule has 1 N–H and O–H groups in total. The van der Waals surface area contributed by atoms with Crippen molar-refractivity contribution in [3.05, 3.63) is 30.1 Å². The lowest BCUT2D eigenvalue weighted by Crippen LogP contribution is -2.39. The Morgan fingerprint density at radius 1 is 1.31 bits per heavy atom. The number of nitrogens with one attached hydrogen (secondary N) is 1. The molecule has 29 heavy (non-hydrogen) atoms. The summed E-state index contributed by atoms with van der Waals surface area (Å²) in [6.45, 7) is 0.952. The van der Waals surface area contributed by atoms with E-state index in [4.69, 9.17) is 4.74 Å². The predicted molar refractivity (Wildman–Crippen MR) is 112 cm³/mol. The summed E-state index contributed by atoms with van der Waals surface area (Å²) < 4.78 is 32.1. The minimum Gasteiger partial charge on any atom is -0.497 e. The van der Waals surface area contributed by atoms with E-state index in [9.17, 15) is 13.2 Å². The number of hydrogen-bond donors (Lipinski definition) is 1. The number of anilines is 1. The van der Waals surface area contributed by atoms with Crippen LogP contribution in [0.5, 0.6) is 5.75 Å². The summed E-state index contributed by atoms with van der Waals surface area (Å²) >= 11 is 1.29. The number of piperidine rings is 1. The molecule has 3 rings (SSSR count). The number of carbonyl (C=O) groups is 1. The van der Waals surface area contributed by atoms with E-state index in [1.165, 1.54) is 22.3 Å². The van der Waals surface area contributed by atoms with E-state index in [0.717, 1.165) is 24.4 Å². The summed E-state index contributed by atoms with van der Waals surface area (Å²) in [5, 5.41) is 11.9. The fraction of sp³-hybridized carbons (Fsp3) is 0.500. The number of nitrogens with zero attached hydrogens (tertiary/aromatic N) is 4. The monoisotopic (exact) mass is 439 g/mol. The zero-order valence-electron chi connectivity index (χ0n) is 16.7. The molecule has 158 valence electrons. The number of sulfonamides is 1. The molecule has 0 aliphatic carbocycles. The molecule has 0 unspecified atom stereocenters. The van der Waals surface area contributed by atoms with Gasteiger partial charge in [-0.25, -0.2) is 12.7 Å². The van der Waals surface area contributed by atoms with Crippen LogP contribution in [0.15, 0.2) is 29.4 Å². The lowest BCUT2D eigenvalue weighted by atomic mass is 9.99. The molecule has 1 aromatic carbocycles. The molecule has 0 radical (unpaired) electrons. The number of aromatic nitrogens is 3. The Morgan fingerprint density at radius 2 is 2.03 bits per heavy atom. The summed E-state index contributed by atoms with van der Waals surface area (Å²) in [5.41, 5.74) is 0.693. The van der Waals surface area contributed by atoms with Gasteiger partial charge in [0.05, 0.1) is 19.1 Å². The van der Waals surface area contributed by atoms with Crippen LogP contribution in [0.1, 0.15) is 24.6 Å². The van der Waals surface area contributed by atoms with E-state index in [1.54, 1.807) is 31.4 Å². The average molecular weight is 440 g/mol. The summed E-state index contributed by atoms with van der Waals surface area (Å²) in [6, 6.07) is 7.11. The van der Waals surface area contributed by atoms with E-state index < -0.39 is 10.0 Å². The molecule has 0 spiro atoms. The summed E-state index contributed by atoms with van der Waals surface area (Å²) in [4.78, 5) is 12.2. The fourth-order valence-corrected chi connectivity index (χ4v) is 4.89. The van der Waals surface area contributed by atoms with Gasteiger partial charge in [0.2, 0.25) is 15.9 Å². The Kier molecular flexibility index (Phi) is 6.81. The zero-order valence-corrected chi connectivity index (χ0v) is 18.3. The second kappa shape index (κ2) is 9.14. The van der Waals surface area contributed by atoms with Gasteiger partial charge in [-0.15, -0.1) is 10.2 Å². The molecular formula is C18H25N5O4S2. The van der Waals surface area contributed by atoms with Crippen LogP contribution >= 0.6 is 11.8 Å². The van der Waals surface area contributed by atoms with Crippen molar-refractivity contribution < 1.29 is 17.9 Å². The van der Waals surface area contributed by atoms with Crippen molar-refractivity contribution in [1.82, 2.24) is 19.1 Å². The third kappa shape index (κ3) is 5.49. The van der Waals surface area contributed by atoms with Gasteiger partial charge < -0.3 is 14.6 Å². The number of carbonyl (C=O) groups excluding carboxylic acids is 1. The maximum Gasteiger partial charge on any atom is 0.234 e. The molecule has 2 heterocycles. The molecule has 0 saturated carbocycles. The van der Waals surface area contributed by atoms with Crippen LogP contribution in [-0.4, -0.2) is 65.6 Å². The molecule has 1 saturated heterocycles. The first-order valence-corrected chi connectivity index (χ1v) is 12.0. The third-order valence-corrected chi connectivity index (χ3v) is 7.08. The van der Waals surface area contributed by atoms with Gasteiger partial charge >= 0.3 is 0 Å². The average Bonchev–Trinajstić information content (AvgIpc) is 3.07. The smallest absolute Gasteiger partial charge is 0.234 e. The van der Waals surface area contributed by atoms with E-state index in [0.29, 0.717) is 23.9 Å². The maximum atomic E-state index is 12.2. The van der Waals surface area contributed by atoms with Gasteiger partial charge in [0, 0.05) is 31.7 Å². The van der Waals surface area contributed by atoms with E-state index >= 15 is 0 Å². The molecule has 1 fully saturated rings. The zero-order chi connectivity index (χ0) is 21.0. The lowest BCUT2D eigenvalue weighted by molar-refractivity contribution is -0.113. The number of benzene rings is 1.